The summed E-state index contributed by atoms with van der Waals surface area (Å²) in [6, 6.07) is 9.57. The van der Waals surface area contributed by atoms with Gasteiger partial charge in [-0.3, -0.25) is 9.59 Å². The molecule has 3 rings (SSSR count). The summed E-state index contributed by atoms with van der Waals surface area (Å²) in [4.78, 5) is 26.2. The van der Waals surface area contributed by atoms with Gasteiger partial charge >= 0.3 is 0 Å². The molecule has 2 saturated heterocycles. The van der Waals surface area contributed by atoms with Crippen LogP contribution in [0, 0.1) is 0 Å². The summed E-state index contributed by atoms with van der Waals surface area (Å²) in [5.74, 6) is -0.0141. The molecule has 0 unspecified atom stereocenters. The topological polar surface area (TPSA) is 58.6 Å². The van der Waals surface area contributed by atoms with Gasteiger partial charge in [-0.05, 0) is 31.2 Å². The van der Waals surface area contributed by atoms with Gasteiger partial charge in [0.15, 0.2) is 0 Å². The lowest BCUT2D eigenvalue weighted by Gasteiger charge is -2.17. The summed E-state index contributed by atoms with van der Waals surface area (Å²) in [6.45, 7) is 2.12. The summed E-state index contributed by atoms with van der Waals surface area (Å²) in [5.41, 5.74) is 1.12. The third-order valence-electron chi connectivity index (χ3n) is 4.57. The second kappa shape index (κ2) is 7.59. The van der Waals surface area contributed by atoms with Crippen LogP contribution < -0.4 is 5.32 Å². The number of amides is 2. The molecule has 0 radical (unpaired) electrons. The van der Waals surface area contributed by atoms with Crippen LogP contribution in [0.1, 0.15) is 37.7 Å². The number of carbonyl (C=O) groups is 2. The highest BCUT2D eigenvalue weighted by Crippen LogP contribution is 2.18. The van der Waals surface area contributed by atoms with Gasteiger partial charge in [-0.2, -0.15) is 0 Å². The van der Waals surface area contributed by atoms with Gasteiger partial charge < -0.3 is 15.0 Å². The van der Waals surface area contributed by atoms with Crippen LogP contribution in [0.5, 0.6) is 0 Å². The maximum Gasteiger partial charge on any atom is 0.245 e. The zero-order valence-corrected chi connectivity index (χ0v) is 13.4. The fourth-order valence-corrected chi connectivity index (χ4v) is 3.26. The second-order valence-corrected chi connectivity index (χ2v) is 6.33. The Morgan fingerprint density at radius 3 is 2.83 bits per heavy atom. The van der Waals surface area contributed by atoms with Crippen molar-refractivity contribution in [1.82, 2.24) is 10.2 Å². The lowest BCUT2D eigenvalue weighted by atomic mass is 10.1. The molecule has 5 nitrogen and oxygen atoms in total. The summed E-state index contributed by atoms with van der Waals surface area (Å²) in [6.07, 6.45) is 4.22. The minimum Gasteiger partial charge on any atom is -0.378 e. The van der Waals surface area contributed by atoms with E-state index in [4.69, 9.17) is 4.74 Å². The first kappa shape index (κ1) is 16.0. The highest BCUT2D eigenvalue weighted by Gasteiger charge is 2.32. The lowest BCUT2D eigenvalue weighted by Crippen LogP contribution is -2.41. The molecule has 2 aliphatic heterocycles. The van der Waals surface area contributed by atoms with Crippen molar-refractivity contribution >= 4 is 11.8 Å². The van der Waals surface area contributed by atoms with Crippen molar-refractivity contribution in [2.75, 3.05) is 13.2 Å². The Labute approximate surface area is 137 Å². The largest absolute Gasteiger partial charge is 0.378 e. The van der Waals surface area contributed by atoms with Gasteiger partial charge in [0.05, 0.1) is 6.10 Å². The van der Waals surface area contributed by atoms with E-state index in [2.05, 4.69) is 5.32 Å². The van der Waals surface area contributed by atoms with Crippen molar-refractivity contribution in [1.29, 1.82) is 0 Å². The van der Waals surface area contributed by atoms with Crippen LogP contribution in [0.4, 0.5) is 0 Å². The van der Waals surface area contributed by atoms with E-state index in [1.165, 1.54) is 0 Å². The molecule has 1 aromatic carbocycles. The summed E-state index contributed by atoms with van der Waals surface area (Å²) in [5, 5.41) is 2.88. The molecule has 23 heavy (non-hydrogen) atoms. The normalized spacial score (nSPS) is 24.2. The lowest BCUT2D eigenvalue weighted by molar-refractivity contribution is -0.133. The number of rotatable bonds is 6. The quantitative estimate of drug-likeness (QED) is 0.871. The van der Waals surface area contributed by atoms with Crippen LogP contribution in [0.15, 0.2) is 30.3 Å². The van der Waals surface area contributed by atoms with E-state index < -0.39 is 0 Å². The van der Waals surface area contributed by atoms with Crippen molar-refractivity contribution in [3.05, 3.63) is 35.9 Å². The average Bonchev–Trinajstić information content (AvgIpc) is 3.19. The molecule has 0 aliphatic carbocycles. The zero-order valence-electron chi connectivity index (χ0n) is 13.4. The fraction of sp³-hybridized carbons (Fsp3) is 0.556. The molecule has 124 valence electrons. The van der Waals surface area contributed by atoms with E-state index in [0.717, 1.165) is 31.4 Å². The molecule has 2 aliphatic rings. The van der Waals surface area contributed by atoms with Gasteiger partial charge in [-0.15, -0.1) is 0 Å². The van der Waals surface area contributed by atoms with E-state index in [1.54, 1.807) is 0 Å². The van der Waals surface area contributed by atoms with Crippen LogP contribution in [0.3, 0.4) is 0 Å². The molecular formula is C18H24N2O3. The molecule has 2 atom stereocenters. The van der Waals surface area contributed by atoms with Crippen LogP contribution in [0.2, 0.25) is 0 Å². The average molecular weight is 316 g/mol. The molecule has 5 heteroatoms. The molecule has 0 bridgehead atoms. The van der Waals surface area contributed by atoms with Crippen LogP contribution >= 0.6 is 0 Å². The molecule has 2 fully saturated rings. The van der Waals surface area contributed by atoms with Crippen molar-refractivity contribution in [3.63, 3.8) is 0 Å². The predicted molar refractivity (Wildman–Crippen MR) is 86.6 cm³/mol. The summed E-state index contributed by atoms with van der Waals surface area (Å²) < 4.78 is 5.52. The highest BCUT2D eigenvalue weighted by atomic mass is 16.5. The summed E-state index contributed by atoms with van der Waals surface area (Å²) in [7, 11) is 0. The van der Waals surface area contributed by atoms with Gasteiger partial charge in [-0.25, -0.2) is 0 Å². The van der Waals surface area contributed by atoms with Crippen molar-refractivity contribution < 1.29 is 14.3 Å². The molecule has 0 spiro atoms. The van der Waals surface area contributed by atoms with Gasteiger partial charge in [0.2, 0.25) is 11.8 Å². The Balaban J connectivity index is 1.44. The third kappa shape index (κ3) is 4.32. The van der Waals surface area contributed by atoms with Crippen molar-refractivity contribution in [3.8, 4) is 0 Å². The molecule has 1 aromatic rings. The molecule has 0 aromatic heterocycles. The number of nitrogens with one attached hydrogen (secondary N) is 1. The summed E-state index contributed by atoms with van der Waals surface area (Å²) >= 11 is 0. The van der Waals surface area contributed by atoms with Crippen LogP contribution in [0.25, 0.3) is 0 Å². The SMILES string of the molecule is O=C(CC[C@@H]1CCCO1)N[C@@H]1CCN(Cc2ccccc2)C1=O. The highest BCUT2D eigenvalue weighted by molar-refractivity contribution is 5.89. The first-order chi connectivity index (χ1) is 11.2. The first-order valence-corrected chi connectivity index (χ1v) is 8.46. The van der Waals surface area contributed by atoms with Crippen LogP contribution in [-0.4, -0.2) is 42.0 Å². The number of benzene rings is 1. The van der Waals surface area contributed by atoms with Gasteiger partial charge in [0, 0.05) is 26.1 Å². The van der Waals surface area contributed by atoms with Crippen molar-refractivity contribution in [2.45, 2.75) is 50.8 Å². The molecule has 0 saturated carbocycles. The monoisotopic (exact) mass is 316 g/mol. The minimum absolute atomic E-state index is 0.0271. The van der Waals surface area contributed by atoms with Gasteiger partial charge in [0.1, 0.15) is 6.04 Å². The Morgan fingerprint density at radius 2 is 2.09 bits per heavy atom. The van der Waals surface area contributed by atoms with E-state index >= 15 is 0 Å². The number of carbonyl (C=O) groups excluding carboxylic acids is 2. The van der Waals surface area contributed by atoms with Gasteiger partial charge in [-0.1, -0.05) is 30.3 Å². The minimum atomic E-state index is -0.365. The molecule has 2 amide bonds. The number of likely N-dealkylation sites (tertiary alicyclic amines) is 1. The van der Waals surface area contributed by atoms with Crippen LogP contribution in [-0.2, 0) is 20.9 Å². The predicted octanol–water partition coefficient (Wildman–Crippen LogP) is 1.86. The fourth-order valence-electron chi connectivity index (χ4n) is 3.26. The van der Waals surface area contributed by atoms with E-state index in [0.29, 0.717) is 25.9 Å². The Morgan fingerprint density at radius 1 is 1.26 bits per heavy atom. The number of hydrogen-bond donors (Lipinski definition) is 1. The van der Waals surface area contributed by atoms with E-state index in [1.807, 2.05) is 35.2 Å². The second-order valence-electron chi connectivity index (χ2n) is 6.33. The maximum absolute atomic E-state index is 12.4. The molecular weight excluding hydrogens is 292 g/mol. The maximum atomic E-state index is 12.4. The smallest absolute Gasteiger partial charge is 0.245 e. The first-order valence-electron chi connectivity index (χ1n) is 8.46. The molecule has 1 N–H and O–H groups in total. The number of nitrogens with zero attached hydrogens (tertiary/aromatic N) is 1. The Kier molecular flexibility index (Phi) is 5.28. The van der Waals surface area contributed by atoms with E-state index in [9.17, 15) is 9.59 Å². The Hall–Kier alpha value is -1.88. The van der Waals surface area contributed by atoms with Crippen molar-refractivity contribution in [2.24, 2.45) is 0 Å². The van der Waals surface area contributed by atoms with Gasteiger partial charge in [0.25, 0.3) is 0 Å². The standard InChI is InChI=1S/C18H24N2O3/c21-17(9-8-15-7-4-12-23-15)19-16-10-11-20(18(16)22)13-14-5-2-1-3-6-14/h1-3,5-6,15-16H,4,7-13H2,(H,19,21)/t15-,16+/m0/s1. The Bertz CT molecular complexity index is 540. The molecule has 2 heterocycles. The number of ether oxygens (including phenoxy) is 1. The third-order valence-corrected chi connectivity index (χ3v) is 4.57. The zero-order chi connectivity index (χ0) is 16.1. The van der Waals surface area contributed by atoms with E-state index in [-0.39, 0.29) is 24.0 Å². The number of hydrogen-bond acceptors (Lipinski definition) is 3.